The normalized spacial score (nSPS) is 11.2. The first-order valence-corrected chi connectivity index (χ1v) is 28.7. The Kier molecular flexibility index (Phi) is 45.4. The molecule has 0 atom stereocenters. The third kappa shape index (κ3) is 44.2. The van der Waals surface area contributed by atoms with Gasteiger partial charge in [-0.2, -0.15) is 0 Å². The van der Waals surface area contributed by atoms with E-state index >= 15 is 0 Å². The first kappa shape index (κ1) is 54.3. The molecule has 6 nitrogen and oxygen atoms in total. The van der Waals surface area contributed by atoms with Gasteiger partial charge in [0, 0.05) is 0 Å². The molecule has 0 aromatic carbocycles. The van der Waals surface area contributed by atoms with E-state index in [9.17, 15) is 14.4 Å². The first-order chi connectivity index (χ1) is 27.0. The minimum atomic E-state index is -4.07. The molecule has 0 saturated carbocycles. The predicted octanol–water partition coefficient (Wildman–Crippen LogP) is 16.0. The molecule has 0 unspecified atom stereocenters. The van der Waals surface area contributed by atoms with Gasteiger partial charge in [0.1, 0.15) is 0 Å². The molecule has 0 aliphatic heterocycles. The maximum atomic E-state index is 12.7. The van der Waals surface area contributed by atoms with E-state index < -0.39 is 22.7 Å². The standard InChI is InChI=1S/3C16H32O2.In/c3*1-2-3-4-5-6-7-8-9-10-11-12-13-14-15-16(17)18;/h3*2-15H2,1H3,(H,17,18);/q;;;+3/p-3. The Bertz CT molecular complexity index is 716. The van der Waals surface area contributed by atoms with Gasteiger partial charge in [-0.25, -0.2) is 0 Å². The monoisotopic (exact) mass is 881 g/mol. The van der Waals surface area contributed by atoms with E-state index in [1.807, 2.05) is 0 Å². The van der Waals surface area contributed by atoms with Crippen LogP contribution in [0.5, 0.6) is 0 Å². The summed E-state index contributed by atoms with van der Waals surface area (Å²) < 4.78 is 16.9. The number of rotatable bonds is 45. The van der Waals surface area contributed by atoms with Crippen LogP contribution < -0.4 is 0 Å². The zero-order valence-corrected chi connectivity index (χ0v) is 40.5. The van der Waals surface area contributed by atoms with Gasteiger partial charge in [-0.05, 0) is 0 Å². The Balaban J connectivity index is 4.33. The molecule has 0 amide bonds. The van der Waals surface area contributed by atoms with Gasteiger partial charge in [-0.3, -0.25) is 0 Å². The summed E-state index contributed by atoms with van der Waals surface area (Å²) in [6.45, 7) is 6.79. The second kappa shape index (κ2) is 46.0. The average Bonchev–Trinajstić information content (AvgIpc) is 3.17. The van der Waals surface area contributed by atoms with E-state index in [-0.39, 0.29) is 37.2 Å². The van der Waals surface area contributed by atoms with Crippen molar-refractivity contribution < 1.29 is 22.9 Å². The third-order valence-electron chi connectivity index (χ3n) is 11.1. The van der Waals surface area contributed by atoms with Crippen LogP contribution in [-0.4, -0.2) is 40.7 Å². The molecule has 0 bridgehead atoms. The van der Waals surface area contributed by atoms with E-state index in [0.717, 1.165) is 57.8 Å². The molecule has 0 spiro atoms. The van der Waals surface area contributed by atoms with Crippen molar-refractivity contribution in [2.45, 2.75) is 290 Å². The average molecular weight is 881 g/mol. The zero-order valence-electron chi connectivity index (χ0n) is 37.2. The molecular weight excluding hydrogens is 787 g/mol. The Labute approximate surface area is 352 Å². The SMILES string of the molecule is CCCCCCCCCCCCCCCC(=O)[O][In]([O]C(=O)CCCCCCCCCCCCCCC)[O]C(=O)CCCCCCCCCCCCCCC. The summed E-state index contributed by atoms with van der Waals surface area (Å²) in [6, 6.07) is 0. The molecule has 0 heterocycles. The van der Waals surface area contributed by atoms with Crippen molar-refractivity contribution in [3.63, 3.8) is 0 Å². The molecule has 0 radical (unpaired) electrons. The van der Waals surface area contributed by atoms with Crippen LogP contribution in [0.2, 0.25) is 0 Å². The van der Waals surface area contributed by atoms with E-state index in [4.69, 9.17) is 8.56 Å². The first-order valence-electron chi connectivity index (χ1n) is 24.6. The summed E-state index contributed by atoms with van der Waals surface area (Å²) in [6.07, 6.45) is 49.3. The second-order valence-electron chi connectivity index (χ2n) is 16.7. The van der Waals surface area contributed by atoms with E-state index in [1.165, 1.54) is 193 Å². The molecule has 0 saturated heterocycles. The van der Waals surface area contributed by atoms with Crippen LogP contribution in [0, 0.1) is 0 Å². The summed E-state index contributed by atoms with van der Waals surface area (Å²) >= 11 is -4.07. The van der Waals surface area contributed by atoms with Crippen molar-refractivity contribution >= 4 is 40.7 Å². The topological polar surface area (TPSA) is 78.9 Å². The minimum Gasteiger partial charge on any atom is -0.0654 e. The van der Waals surface area contributed by atoms with Gasteiger partial charge in [0.05, 0.1) is 0 Å². The Morgan fingerprint density at radius 1 is 0.255 bits per heavy atom. The van der Waals surface area contributed by atoms with E-state index in [1.54, 1.807) is 0 Å². The molecule has 0 aromatic rings. The number of unbranched alkanes of at least 4 members (excludes halogenated alkanes) is 36. The summed E-state index contributed by atoms with van der Waals surface area (Å²) in [5, 5.41) is 0. The molecule has 7 heteroatoms. The number of carbonyl (C=O) groups is 3. The summed E-state index contributed by atoms with van der Waals surface area (Å²) in [4.78, 5) is 38.2. The van der Waals surface area contributed by atoms with Crippen molar-refractivity contribution in [1.29, 1.82) is 0 Å². The summed E-state index contributed by atoms with van der Waals surface area (Å²) in [7, 11) is 0. The third-order valence-corrected chi connectivity index (χ3v) is 15.0. The van der Waals surface area contributed by atoms with Crippen molar-refractivity contribution in [1.82, 2.24) is 0 Å². The van der Waals surface area contributed by atoms with Gasteiger partial charge < -0.3 is 0 Å². The fourth-order valence-corrected chi connectivity index (χ4v) is 10.7. The van der Waals surface area contributed by atoms with Crippen LogP contribution in [0.3, 0.4) is 0 Å². The number of hydrogen-bond acceptors (Lipinski definition) is 6. The predicted molar refractivity (Wildman–Crippen MR) is 235 cm³/mol. The van der Waals surface area contributed by atoms with Crippen molar-refractivity contribution in [2.75, 3.05) is 0 Å². The van der Waals surface area contributed by atoms with Crippen molar-refractivity contribution in [3.05, 3.63) is 0 Å². The summed E-state index contributed by atoms with van der Waals surface area (Å²) in [5.41, 5.74) is 0. The second-order valence-corrected chi connectivity index (χ2v) is 20.4. The molecular formula is C48H93InO6. The van der Waals surface area contributed by atoms with Gasteiger partial charge in [0.2, 0.25) is 0 Å². The quantitative estimate of drug-likeness (QED) is 0.0567. The Morgan fingerprint density at radius 2 is 0.400 bits per heavy atom. The van der Waals surface area contributed by atoms with Crippen LogP contribution in [0.15, 0.2) is 0 Å². The van der Waals surface area contributed by atoms with Crippen LogP contribution in [-0.2, 0) is 22.9 Å². The molecule has 0 rings (SSSR count). The summed E-state index contributed by atoms with van der Waals surface area (Å²) in [5.74, 6) is -1.15. The van der Waals surface area contributed by atoms with Gasteiger partial charge in [0.25, 0.3) is 0 Å². The number of hydrogen-bond donors (Lipinski definition) is 0. The van der Waals surface area contributed by atoms with Crippen LogP contribution >= 0.6 is 0 Å². The van der Waals surface area contributed by atoms with Gasteiger partial charge in [0.15, 0.2) is 0 Å². The van der Waals surface area contributed by atoms with E-state index in [0.29, 0.717) is 0 Å². The molecule has 324 valence electrons. The van der Waals surface area contributed by atoms with Gasteiger partial charge in [-0.15, -0.1) is 0 Å². The smallest absolute Gasteiger partial charge is 0.0654 e. The molecule has 0 fully saturated rings. The Morgan fingerprint density at radius 3 is 0.564 bits per heavy atom. The van der Waals surface area contributed by atoms with Crippen LogP contribution in [0.4, 0.5) is 0 Å². The van der Waals surface area contributed by atoms with Crippen LogP contribution in [0.25, 0.3) is 0 Å². The Hall–Kier alpha value is -0.720. The minimum absolute atomic E-state index is 0.290. The van der Waals surface area contributed by atoms with Crippen LogP contribution in [0.1, 0.15) is 290 Å². The van der Waals surface area contributed by atoms with Crippen molar-refractivity contribution in [2.24, 2.45) is 0 Å². The van der Waals surface area contributed by atoms with Gasteiger partial charge >= 0.3 is 256 Å². The molecule has 0 aliphatic carbocycles. The fourth-order valence-electron chi connectivity index (χ4n) is 7.43. The van der Waals surface area contributed by atoms with Gasteiger partial charge in [-0.1, -0.05) is 97.8 Å². The maximum absolute atomic E-state index is 12.7. The molecule has 0 N–H and O–H groups in total. The molecule has 0 aromatic heterocycles. The van der Waals surface area contributed by atoms with Crippen molar-refractivity contribution in [3.8, 4) is 0 Å². The van der Waals surface area contributed by atoms with E-state index in [2.05, 4.69) is 20.8 Å². The fraction of sp³-hybridized carbons (Fsp3) is 0.938. The zero-order chi connectivity index (χ0) is 40.1. The number of carbonyl (C=O) groups excluding carboxylic acids is 3. The molecule has 0 aliphatic rings. The molecule has 55 heavy (non-hydrogen) atoms.